The highest BCUT2D eigenvalue weighted by Crippen LogP contribution is 2.19. The second kappa shape index (κ2) is 6.83. The van der Waals surface area contributed by atoms with Gasteiger partial charge in [0, 0.05) is 6.54 Å². The third-order valence-electron chi connectivity index (χ3n) is 3.74. The molecule has 0 N–H and O–H groups in total. The molecule has 1 aromatic heterocycles. The summed E-state index contributed by atoms with van der Waals surface area (Å²) in [5.41, 5.74) is 1.22. The predicted octanol–water partition coefficient (Wildman–Crippen LogP) is 1.67. The molecule has 112 valence electrons. The van der Waals surface area contributed by atoms with Gasteiger partial charge in [0.05, 0.1) is 12.8 Å². The Kier molecular flexibility index (Phi) is 5.11. The minimum atomic E-state index is -0.403. The van der Waals surface area contributed by atoms with Crippen LogP contribution in [0.2, 0.25) is 0 Å². The number of hydrogen-bond acceptors (Lipinski definition) is 5. The van der Waals surface area contributed by atoms with Crippen LogP contribution < -0.4 is 0 Å². The summed E-state index contributed by atoms with van der Waals surface area (Å²) >= 11 is 0. The van der Waals surface area contributed by atoms with Crippen LogP contribution in [0.5, 0.6) is 0 Å². The van der Waals surface area contributed by atoms with Gasteiger partial charge in [-0.15, -0.1) is 5.10 Å². The number of carbonyl (C=O) groups is 1. The molecule has 20 heavy (non-hydrogen) atoms. The van der Waals surface area contributed by atoms with Gasteiger partial charge in [0.25, 0.3) is 0 Å². The van der Waals surface area contributed by atoms with Crippen molar-refractivity contribution in [1.29, 1.82) is 0 Å². The van der Waals surface area contributed by atoms with Crippen LogP contribution >= 0.6 is 0 Å². The second-order valence-corrected chi connectivity index (χ2v) is 5.60. The van der Waals surface area contributed by atoms with Crippen molar-refractivity contribution >= 4 is 5.97 Å². The number of aromatic nitrogens is 3. The molecule has 0 amide bonds. The zero-order chi connectivity index (χ0) is 14.5. The van der Waals surface area contributed by atoms with Gasteiger partial charge < -0.3 is 9.64 Å². The molecule has 6 heteroatoms. The molecule has 2 rings (SSSR count). The molecule has 0 atom stereocenters. The van der Waals surface area contributed by atoms with E-state index in [-0.39, 0.29) is 5.92 Å². The van der Waals surface area contributed by atoms with Gasteiger partial charge in [0.1, 0.15) is 0 Å². The monoisotopic (exact) mass is 280 g/mol. The van der Waals surface area contributed by atoms with E-state index in [1.165, 1.54) is 33.0 Å². The minimum absolute atomic E-state index is 0.200. The third kappa shape index (κ3) is 3.36. The molecule has 1 aliphatic heterocycles. The summed E-state index contributed by atoms with van der Waals surface area (Å²) in [4.78, 5) is 14.2. The highest BCUT2D eigenvalue weighted by Gasteiger charge is 2.22. The molecule has 6 nitrogen and oxygen atoms in total. The van der Waals surface area contributed by atoms with E-state index in [4.69, 9.17) is 4.74 Å². The minimum Gasteiger partial charge on any atom is -0.464 e. The van der Waals surface area contributed by atoms with Gasteiger partial charge in [0.15, 0.2) is 5.69 Å². The number of methoxy groups -OCH3 is 1. The topological polar surface area (TPSA) is 60.2 Å². The van der Waals surface area contributed by atoms with Crippen LogP contribution in [0.25, 0.3) is 0 Å². The van der Waals surface area contributed by atoms with E-state index < -0.39 is 5.97 Å². The van der Waals surface area contributed by atoms with Crippen molar-refractivity contribution < 1.29 is 9.53 Å². The van der Waals surface area contributed by atoms with E-state index in [0.717, 1.165) is 25.2 Å². The largest absolute Gasteiger partial charge is 0.464 e. The molecule has 1 saturated heterocycles. The lowest BCUT2D eigenvalue weighted by Crippen LogP contribution is -2.22. The molecule has 0 spiro atoms. The van der Waals surface area contributed by atoms with E-state index >= 15 is 0 Å². The smallest absolute Gasteiger partial charge is 0.360 e. The summed E-state index contributed by atoms with van der Waals surface area (Å²) in [5, 5.41) is 8.10. The van der Waals surface area contributed by atoms with Gasteiger partial charge >= 0.3 is 5.97 Å². The number of carbonyl (C=O) groups excluding carboxylic acids is 1. The van der Waals surface area contributed by atoms with Gasteiger partial charge in [0.2, 0.25) is 0 Å². The van der Waals surface area contributed by atoms with E-state index in [1.807, 2.05) is 18.5 Å². The summed E-state index contributed by atoms with van der Waals surface area (Å²) in [6.07, 6.45) is 3.66. The zero-order valence-electron chi connectivity index (χ0n) is 12.6. The maximum Gasteiger partial charge on any atom is 0.360 e. The Balaban J connectivity index is 1.99. The first-order chi connectivity index (χ1) is 9.63. The Bertz CT molecular complexity index is 450. The lowest BCUT2D eigenvalue weighted by Gasteiger charge is -2.15. The number of ether oxygens (including phenoxy) is 1. The van der Waals surface area contributed by atoms with E-state index in [9.17, 15) is 4.79 Å². The van der Waals surface area contributed by atoms with Crippen molar-refractivity contribution in [2.24, 2.45) is 0 Å². The number of nitrogens with zero attached hydrogens (tertiary/aromatic N) is 4. The fraction of sp³-hybridized carbons (Fsp3) is 0.786. The van der Waals surface area contributed by atoms with Crippen LogP contribution in [0.1, 0.15) is 55.2 Å². The Morgan fingerprint density at radius 3 is 2.60 bits per heavy atom. The number of likely N-dealkylation sites (tertiary alicyclic amines) is 1. The molecular weight excluding hydrogens is 256 g/mol. The van der Waals surface area contributed by atoms with Crippen LogP contribution in [0.15, 0.2) is 0 Å². The number of esters is 1. The van der Waals surface area contributed by atoms with Crippen molar-refractivity contribution in [3.63, 3.8) is 0 Å². The van der Waals surface area contributed by atoms with Crippen LogP contribution in [-0.4, -0.2) is 52.6 Å². The molecule has 1 aromatic rings. The van der Waals surface area contributed by atoms with Gasteiger partial charge in [-0.1, -0.05) is 19.1 Å². The van der Waals surface area contributed by atoms with Crippen molar-refractivity contribution in [1.82, 2.24) is 19.9 Å². The summed E-state index contributed by atoms with van der Waals surface area (Å²) in [5.74, 6) is -0.203. The number of rotatable bonds is 6. The molecule has 0 saturated carbocycles. The van der Waals surface area contributed by atoms with E-state index in [0.29, 0.717) is 5.69 Å². The summed E-state index contributed by atoms with van der Waals surface area (Å²) < 4.78 is 6.62. The number of aryl methyl sites for hydroxylation is 1. The Morgan fingerprint density at radius 2 is 2.00 bits per heavy atom. The first-order valence-electron chi connectivity index (χ1n) is 7.37. The van der Waals surface area contributed by atoms with Crippen LogP contribution in [0.4, 0.5) is 0 Å². The molecule has 0 aromatic carbocycles. The Hall–Kier alpha value is -1.43. The normalized spacial score (nSPS) is 16.0. The van der Waals surface area contributed by atoms with Crippen LogP contribution in [-0.2, 0) is 11.3 Å². The molecule has 0 radical (unpaired) electrons. The van der Waals surface area contributed by atoms with Crippen LogP contribution in [0, 0.1) is 0 Å². The van der Waals surface area contributed by atoms with E-state index in [1.54, 1.807) is 0 Å². The quantitative estimate of drug-likeness (QED) is 0.742. The molecular formula is C14H24N4O2. The van der Waals surface area contributed by atoms with Gasteiger partial charge in [-0.05, 0) is 44.8 Å². The standard InChI is InChI=1S/C14H24N4O2/c1-11(2)13-12(14(19)20-3)15-16-18(13)10-6-9-17-7-4-5-8-17/h11H,4-10H2,1-3H3. The predicted molar refractivity (Wildman–Crippen MR) is 75.7 cm³/mol. The lowest BCUT2D eigenvalue weighted by molar-refractivity contribution is 0.0592. The maximum absolute atomic E-state index is 11.7. The first-order valence-corrected chi connectivity index (χ1v) is 7.37. The van der Waals surface area contributed by atoms with Crippen LogP contribution in [0.3, 0.4) is 0 Å². The van der Waals surface area contributed by atoms with Gasteiger partial charge in [-0.2, -0.15) is 0 Å². The summed E-state index contributed by atoms with van der Waals surface area (Å²) in [6.45, 7) is 8.40. The molecule has 2 heterocycles. The Labute approximate surface area is 120 Å². The van der Waals surface area contributed by atoms with Crippen molar-refractivity contribution in [3.05, 3.63) is 11.4 Å². The first kappa shape index (κ1) is 15.0. The van der Waals surface area contributed by atoms with Gasteiger partial charge in [-0.3, -0.25) is 0 Å². The zero-order valence-corrected chi connectivity index (χ0v) is 12.6. The van der Waals surface area contributed by atoms with Gasteiger partial charge in [-0.25, -0.2) is 9.48 Å². The van der Waals surface area contributed by atoms with E-state index in [2.05, 4.69) is 15.2 Å². The van der Waals surface area contributed by atoms with Crippen molar-refractivity contribution in [2.45, 2.75) is 45.6 Å². The molecule has 0 bridgehead atoms. The molecule has 0 unspecified atom stereocenters. The highest BCUT2D eigenvalue weighted by atomic mass is 16.5. The molecule has 1 aliphatic rings. The fourth-order valence-corrected chi connectivity index (χ4v) is 2.75. The Morgan fingerprint density at radius 1 is 1.30 bits per heavy atom. The fourth-order valence-electron chi connectivity index (χ4n) is 2.75. The lowest BCUT2D eigenvalue weighted by atomic mass is 10.1. The highest BCUT2D eigenvalue weighted by molar-refractivity contribution is 5.88. The molecule has 0 aliphatic carbocycles. The average molecular weight is 280 g/mol. The average Bonchev–Trinajstić information content (AvgIpc) is 3.07. The maximum atomic E-state index is 11.7. The third-order valence-corrected chi connectivity index (χ3v) is 3.74. The SMILES string of the molecule is COC(=O)c1nnn(CCCN2CCCC2)c1C(C)C. The summed E-state index contributed by atoms with van der Waals surface area (Å²) in [7, 11) is 1.37. The second-order valence-electron chi connectivity index (χ2n) is 5.60. The number of hydrogen-bond donors (Lipinski definition) is 0. The summed E-state index contributed by atoms with van der Waals surface area (Å²) in [6, 6.07) is 0. The molecule has 1 fully saturated rings. The van der Waals surface area contributed by atoms with Crippen molar-refractivity contribution in [2.75, 3.05) is 26.7 Å². The van der Waals surface area contributed by atoms with Crippen molar-refractivity contribution in [3.8, 4) is 0 Å².